The minimum Gasteiger partial charge on any atom is -0.371 e. The molecule has 0 aliphatic carbocycles. The maximum absolute atomic E-state index is 11.3. The van der Waals surface area contributed by atoms with Gasteiger partial charge in [-0.05, 0) is 39.3 Å². The summed E-state index contributed by atoms with van der Waals surface area (Å²) in [4.78, 5) is 0. The third-order valence-electron chi connectivity index (χ3n) is 3.30. The van der Waals surface area contributed by atoms with Crippen molar-refractivity contribution in [3.8, 4) is 0 Å². The van der Waals surface area contributed by atoms with E-state index >= 15 is 0 Å². The molecule has 1 unspecified atom stereocenters. The van der Waals surface area contributed by atoms with Gasteiger partial charge in [0.1, 0.15) is 0 Å². The molecule has 2 aliphatic heterocycles. The minimum absolute atomic E-state index is 0.0712. The van der Waals surface area contributed by atoms with Gasteiger partial charge in [0.2, 0.25) is 0 Å². The van der Waals surface area contributed by atoms with Gasteiger partial charge in [-0.1, -0.05) is 0 Å². The zero-order chi connectivity index (χ0) is 10.9. The predicted octanol–water partition coefficient (Wildman–Crippen LogP) is 0.332. The average Bonchev–Trinajstić information content (AvgIpc) is 2.45. The molecule has 0 radical (unpaired) electrons. The van der Waals surface area contributed by atoms with Crippen LogP contribution >= 0.6 is 0 Å². The summed E-state index contributed by atoms with van der Waals surface area (Å²) in [7, 11) is -2.81. The molecule has 2 saturated heterocycles. The van der Waals surface area contributed by atoms with E-state index in [4.69, 9.17) is 4.74 Å². The van der Waals surface area contributed by atoms with E-state index in [2.05, 4.69) is 12.2 Å². The fourth-order valence-corrected chi connectivity index (χ4v) is 3.92. The van der Waals surface area contributed by atoms with Crippen LogP contribution < -0.4 is 5.32 Å². The normalized spacial score (nSPS) is 34.1. The van der Waals surface area contributed by atoms with E-state index in [-0.39, 0.29) is 17.5 Å². The van der Waals surface area contributed by atoms with Crippen LogP contribution in [0.15, 0.2) is 0 Å². The van der Waals surface area contributed by atoms with E-state index in [9.17, 15) is 8.42 Å². The first-order chi connectivity index (χ1) is 6.99. The van der Waals surface area contributed by atoms with Crippen LogP contribution in [0.25, 0.3) is 0 Å². The lowest BCUT2D eigenvalue weighted by Crippen LogP contribution is -2.44. The second-order valence-corrected chi connectivity index (χ2v) is 7.07. The molecule has 88 valence electrons. The van der Waals surface area contributed by atoms with Gasteiger partial charge in [-0.25, -0.2) is 8.42 Å². The molecule has 0 saturated carbocycles. The van der Waals surface area contributed by atoms with Gasteiger partial charge in [-0.3, -0.25) is 0 Å². The number of ether oxygens (including phenoxy) is 1. The summed E-state index contributed by atoms with van der Waals surface area (Å²) < 4.78 is 28.5. The molecule has 15 heavy (non-hydrogen) atoms. The highest BCUT2D eigenvalue weighted by atomic mass is 32.2. The van der Waals surface area contributed by atoms with E-state index in [0.29, 0.717) is 12.2 Å². The first-order valence-corrected chi connectivity index (χ1v) is 7.40. The summed E-state index contributed by atoms with van der Waals surface area (Å²) in [6, 6.07) is 0. The largest absolute Gasteiger partial charge is 0.371 e. The Balaban J connectivity index is 1.91. The standard InChI is InChI=1S/C10H19NO3S/c1-10(3-5-11-6-4-10)14-9-2-7-15(12,13)8-9/h9,11H,2-8H2,1H3. The number of piperidine rings is 1. The highest BCUT2D eigenvalue weighted by Gasteiger charge is 2.36. The minimum atomic E-state index is -2.81. The highest BCUT2D eigenvalue weighted by molar-refractivity contribution is 7.91. The SMILES string of the molecule is CC1(OC2CCS(=O)(=O)C2)CCNCC1. The van der Waals surface area contributed by atoms with Crippen molar-refractivity contribution in [2.75, 3.05) is 24.6 Å². The van der Waals surface area contributed by atoms with Gasteiger partial charge in [-0.15, -0.1) is 0 Å². The molecule has 0 aromatic carbocycles. The third-order valence-corrected chi connectivity index (χ3v) is 5.04. The molecule has 2 aliphatic rings. The highest BCUT2D eigenvalue weighted by Crippen LogP contribution is 2.27. The van der Waals surface area contributed by atoms with Gasteiger partial charge in [0.15, 0.2) is 9.84 Å². The maximum atomic E-state index is 11.3. The Morgan fingerprint density at radius 3 is 2.53 bits per heavy atom. The summed E-state index contributed by atoms with van der Waals surface area (Å²) in [5, 5.41) is 3.28. The lowest BCUT2D eigenvalue weighted by atomic mass is 9.94. The van der Waals surface area contributed by atoms with E-state index in [1.807, 2.05) is 0 Å². The number of hydrogen-bond donors (Lipinski definition) is 1. The third kappa shape index (κ3) is 2.92. The molecule has 0 bridgehead atoms. The van der Waals surface area contributed by atoms with Gasteiger partial charge < -0.3 is 10.1 Å². The first kappa shape index (κ1) is 11.4. The lowest BCUT2D eigenvalue weighted by molar-refractivity contribution is -0.0881. The fraction of sp³-hybridized carbons (Fsp3) is 1.00. The zero-order valence-corrected chi connectivity index (χ0v) is 9.98. The van der Waals surface area contributed by atoms with Crippen molar-refractivity contribution in [1.29, 1.82) is 0 Å². The van der Waals surface area contributed by atoms with Crippen molar-refractivity contribution in [3.05, 3.63) is 0 Å². The Morgan fingerprint density at radius 2 is 2.00 bits per heavy atom. The van der Waals surface area contributed by atoms with Crippen LogP contribution in [0.4, 0.5) is 0 Å². The summed E-state index contributed by atoms with van der Waals surface area (Å²) in [5.41, 5.74) is -0.115. The average molecular weight is 233 g/mol. The summed E-state index contributed by atoms with van der Waals surface area (Å²) in [6.07, 6.45) is 2.55. The zero-order valence-electron chi connectivity index (χ0n) is 9.16. The van der Waals surface area contributed by atoms with Crippen LogP contribution in [0.3, 0.4) is 0 Å². The second-order valence-electron chi connectivity index (χ2n) is 4.84. The van der Waals surface area contributed by atoms with Crippen LogP contribution in [-0.2, 0) is 14.6 Å². The Labute approximate surface area is 91.3 Å². The molecule has 0 aromatic heterocycles. The van der Waals surface area contributed by atoms with E-state index < -0.39 is 9.84 Å². The van der Waals surface area contributed by atoms with Gasteiger partial charge in [-0.2, -0.15) is 0 Å². The molecule has 1 N–H and O–H groups in total. The van der Waals surface area contributed by atoms with E-state index in [1.165, 1.54) is 0 Å². The molecule has 0 aromatic rings. The predicted molar refractivity (Wildman–Crippen MR) is 58.7 cm³/mol. The topological polar surface area (TPSA) is 55.4 Å². The number of hydrogen-bond acceptors (Lipinski definition) is 4. The molecular formula is C10H19NO3S. The quantitative estimate of drug-likeness (QED) is 0.747. The number of sulfone groups is 1. The maximum Gasteiger partial charge on any atom is 0.152 e. The van der Waals surface area contributed by atoms with Crippen LogP contribution in [0.5, 0.6) is 0 Å². The summed E-state index contributed by atoms with van der Waals surface area (Å²) in [5.74, 6) is 0.516. The Kier molecular flexibility index (Phi) is 3.05. The van der Waals surface area contributed by atoms with Gasteiger partial charge in [0.05, 0.1) is 23.2 Å². The second kappa shape index (κ2) is 4.03. The van der Waals surface area contributed by atoms with Crippen molar-refractivity contribution >= 4 is 9.84 Å². The van der Waals surface area contributed by atoms with Crippen LogP contribution in [0.1, 0.15) is 26.2 Å². The molecular weight excluding hydrogens is 214 g/mol. The molecule has 4 nitrogen and oxygen atoms in total. The molecule has 1 atom stereocenters. The molecule has 2 fully saturated rings. The van der Waals surface area contributed by atoms with Crippen molar-refractivity contribution < 1.29 is 13.2 Å². The van der Waals surface area contributed by atoms with E-state index in [1.54, 1.807) is 0 Å². The smallest absolute Gasteiger partial charge is 0.152 e. The summed E-state index contributed by atoms with van der Waals surface area (Å²) in [6.45, 7) is 4.03. The number of rotatable bonds is 2. The molecule has 2 rings (SSSR count). The van der Waals surface area contributed by atoms with Crippen molar-refractivity contribution in [3.63, 3.8) is 0 Å². The van der Waals surface area contributed by atoms with Gasteiger partial charge in [0, 0.05) is 0 Å². The van der Waals surface area contributed by atoms with Crippen molar-refractivity contribution in [2.45, 2.75) is 37.9 Å². The van der Waals surface area contributed by atoms with Crippen LogP contribution in [0, 0.1) is 0 Å². The lowest BCUT2D eigenvalue weighted by Gasteiger charge is -2.36. The Hall–Kier alpha value is -0.130. The van der Waals surface area contributed by atoms with Crippen LogP contribution in [-0.4, -0.2) is 44.7 Å². The summed E-state index contributed by atoms with van der Waals surface area (Å²) >= 11 is 0. The van der Waals surface area contributed by atoms with Gasteiger partial charge >= 0.3 is 0 Å². The monoisotopic (exact) mass is 233 g/mol. The fourth-order valence-electron chi connectivity index (χ4n) is 2.33. The first-order valence-electron chi connectivity index (χ1n) is 5.58. The van der Waals surface area contributed by atoms with E-state index in [0.717, 1.165) is 25.9 Å². The van der Waals surface area contributed by atoms with Crippen LogP contribution in [0.2, 0.25) is 0 Å². The Bertz CT molecular complexity index is 320. The van der Waals surface area contributed by atoms with Gasteiger partial charge in [0.25, 0.3) is 0 Å². The molecule has 0 amide bonds. The molecule has 0 spiro atoms. The molecule has 2 heterocycles. The van der Waals surface area contributed by atoms with Crippen molar-refractivity contribution in [2.24, 2.45) is 0 Å². The van der Waals surface area contributed by atoms with Crippen molar-refractivity contribution in [1.82, 2.24) is 5.32 Å². The Morgan fingerprint density at radius 1 is 1.33 bits per heavy atom. The molecule has 5 heteroatoms. The number of nitrogens with one attached hydrogen (secondary N) is 1.